The van der Waals surface area contributed by atoms with Crippen molar-refractivity contribution in [2.24, 2.45) is 0 Å². The summed E-state index contributed by atoms with van der Waals surface area (Å²) in [6.07, 6.45) is 5.24. The van der Waals surface area contributed by atoms with Gasteiger partial charge in [0.25, 0.3) is 5.79 Å². The van der Waals surface area contributed by atoms with Gasteiger partial charge in [-0.2, -0.15) is 0 Å². The first-order chi connectivity index (χ1) is 6.70. The predicted molar refractivity (Wildman–Crippen MR) is 47.2 cm³/mol. The first-order valence-corrected chi connectivity index (χ1v) is 5.14. The lowest BCUT2D eigenvalue weighted by Gasteiger charge is -2.34. The van der Waals surface area contributed by atoms with Gasteiger partial charge in [-0.25, -0.2) is 0 Å². The number of hydrogen-bond donors (Lipinski definition) is 0. The van der Waals surface area contributed by atoms with E-state index in [1.807, 2.05) is 0 Å². The highest BCUT2D eigenvalue weighted by Crippen LogP contribution is 2.34. The van der Waals surface area contributed by atoms with E-state index >= 15 is 0 Å². The topological polar surface area (TPSA) is 52.6 Å². The Morgan fingerprint density at radius 1 is 0.857 bits per heavy atom. The molecule has 78 valence electrons. The average Bonchev–Trinajstić information content (AvgIpc) is 2.28. The third kappa shape index (κ3) is 1.89. The monoisotopic (exact) mass is 198 g/mol. The maximum absolute atomic E-state index is 11.1. The molecule has 1 aliphatic heterocycles. The van der Waals surface area contributed by atoms with Crippen molar-refractivity contribution >= 4 is 11.9 Å². The molecule has 4 heteroatoms. The van der Waals surface area contributed by atoms with Crippen molar-refractivity contribution in [3.05, 3.63) is 0 Å². The molecule has 0 atom stereocenters. The fourth-order valence-electron chi connectivity index (χ4n) is 2.10. The van der Waals surface area contributed by atoms with Gasteiger partial charge < -0.3 is 9.47 Å². The second kappa shape index (κ2) is 3.59. The minimum Gasteiger partial charge on any atom is -0.422 e. The van der Waals surface area contributed by atoms with Crippen molar-refractivity contribution < 1.29 is 19.1 Å². The van der Waals surface area contributed by atoms with Crippen LogP contribution in [-0.2, 0) is 19.1 Å². The SMILES string of the molecule is O=C1CC(=O)OC2(CCCCCC2)O1. The molecular formula is C10H14O4. The van der Waals surface area contributed by atoms with Gasteiger partial charge in [-0.05, 0) is 12.8 Å². The molecule has 2 aliphatic rings. The summed E-state index contributed by atoms with van der Waals surface area (Å²) in [4.78, 5) is 22.3. The summed E-state index contributed by atoms with van der Waals surface area (Å²) in [7, 11) is 0. The summed E-state index contributed by atoms with van der Waals surface area (Å²) in [5, 5.41) is 0. The number of esters is 2. The summed E-state index contributed by atoms with van der Waals surface area (Å²) in [6.45, 7) is 0. The Morgan fingerprint density at radius 3 is 1.86 bits per heavy atom. The number of carbonyl (C=O) groups excluding carboxylic acids is 2. The summed E-state index contributed by atoms with van der Waals surface area (Å²) in [5.74, 6) is -1.80. The van der Waals surface area contributed by atoms with E-state index in [1.165, 1.54) is 0 Å². The van der Waals surface area contributed by atoms with Crippen molar-refractivity contribution in [3.8, 4) is 0 Å². The normalized spacial score (nSPS) is 26.6. The summed E-state index contributed by atoms with van der Waals surface area (Å²) < 4.78 is 10.4. The summed E-state index contributed by atoms with van der Waals surface area (Å²) >= 11 is 0. The van der Waals surface area contributed by atoms with Crippen LogP contribution in [-0.4, -0.2) is 17.7 Å². The molecule has 0 radical (unpaired) electrons. The zero-order chi connectivity index (χ0) is 10.0. The lowest BCUT2D eigenvalue weighted by atomic mass is 10.1. The standard InChI is InChI=1S/C10H14O4/c11-8-7-9(12)14-10(13-8)5-3-1-2-4-6-10/h1-7H2. The molecule has 1 saturated carbocycles. The lowest BCUT2D eigenvalue weighted by molar-refractivity contribution is -0.247. The van der Waals surface area contributed by atoms with Crippen LogP contribution in [0.5, 0.6) is 0 Å². The van der Waals surface area contributed by atoms with Crippen molar-refractivity contribution in [2.45, 2.75) is 50.7 Å². The highest BCUT2D eigenvalue weighted by atomic mass is 16.7. The van der Waals surface area contributed by atoms with E-state index < -0.39 is 17.7 Å². The van der Waals surface area contributed by atoms with E-state index in [9.17, 15) is 9.59 Å². The Bertz CT molecular complexity index is 233. The third-order valence-electron chi connectivity index (χ3n) is 2.75. The Kier molecular flexibility index (Phi) is 2.44. The van der Waals surface area contributed by atoms with Crippen LogP contribution in [0.1, 0.15) is 44.9 Å². The van der Waals surface area contributed by atoms with Crippen molar-refractivity contribution in [1.29, 1.82) is 0 Å². The van der Waals surface area contributed by atoms with Gasteiger partial charge in [-0.3, -0.25) is 9.59 Å². The van der Waals surface area contributed by atoms with E-state index in [-0.39, 0.29) is 6.42 Å². The van der Waals surface area contributed by atoms with Gasteiger partial charge >= 0.3 is 11.9 Å². The van der Waals surface area contributed by atoms with E-state index in [0.717, 1.165) is 25.7 Å². The van der Waals surface area contributed by atoms with Crippen LogP contribution in [0.4, 0.5) is 0 Å². The molecule has 2 rings (SSSR count). The van der Waals surface area contributed by atoms with Gasteiger partial charge in [-0.1, -0.05) is 12.8 Å². The second-order valence-corrected chi connectivity index (χ2v) is 3.95. The molecule has 0 N–H and O–H groups in total. The molecule has 0 bridgehead atoms. The lowest BCUT2D eigenvalue weighted by Crippen LogP contribution is -2.44. The van der Waals surface area contributed by atoms with Gasteiger partial charge in [0, 0.05) is 12.8 Å². The maximum atomic E-state index is 11.1. The van der Waals surface area contributed by atoms with Gasteiger partial charge in [0.05, 0.1) is 0 Å². The Hall–Kier alpha value is -1.06. The fraction of sp³-hybridized carbons (Fsp3) is 0.800. The van der Waals surface area contributed by atoms with E-state index in [1.54, 1.807) is 0 Å². The molecule has 2 fully saturated rings. The molecule has 0 aromatic rings. The van der Waals surface area contributed by atoms with Crippen LogP contribution in [0.15, 0.2) is 0 Å². The molecular weight excluding hydrogens is 184 g/mol. The van der Waals surface area contributed by atoms with Gasteiger partial charge in [0.2, 0.25) is 0 Å². The molecule has 4 nitrogen and oxygen atoms in total. The predicted octanol–water partition coefficient (Wildman–Crippen LogP) is 1.53. The molecule has 0 amide bonds. The largest absolute Gasteiger partial charge is 0.422 e. The van der Waals surface area contributed by atoms with Crippen LogP contribution in [0, 0.1) is 0 Å². The Labute approximate surface area is 82.6 Å². The Morgan fingerprint density at radius 2 is 1.36 bits per heavy atom. The van der Waals surface area contributed by atoms with Gasteiger partial charge in [-0.15, -0.1) is 0 Å². The van der Waals surface area contributed by atoms with Crippen LogP contribution in [0.25, 0.3) is 0 Å². The minimum absolute atomic E-state index is 0.234. The number of rotatable bonds is 0. The van der Waals surface area contributed by atoms with Gasteiger partial charge in [0.15, 0.2) is 0 Å². The molecule has 0 unspecified atom stereocenters. The quantitative estimate of drug-likeness (QED) is 0.437. The molecule has 1 saturated heterocycles. The number of carbonyl (C=O) groups is 2. The first kappa shape index (κ1) is 9.49. The van der Waals surface area contributed by atoms with Crippen LogP contribution in [0.3, 0.4) is 0 Å². The number of ether oxygens (including phenoxy) is 2. The summed E-state index contributed by atoms with van der Waals surface area (Å²) in [5.41, 5.74) is 0. The van der Waals surface area contributed by atoms with E-state index in [2.05, 4.69) is 0 Å². The van der Waals surface area contributed by atoms with Crippen molar-refractivity contribution in [2.75, 3.05) is 0 Å². The minimum atomic E-state index is -0.914. The second-order valence-electron chi connectivity index (χ2n) is 3.95. The van der Waals surface area contributed by atoms with Crippen LogP contribution < -0.4 is 0 Å². The molecule has 14 heavy (non-hydrogen) atoms. The molecule has 0 aromatic carbocycles. The van der Waals surface area contributed by atoms with Gasteiger partial charge in [0.1, 0.15) is 6.42 Å². The summed E-state index contributed by atoms with van der Waals surface area (Å²) in [6, 6.07) is 0. The first-order valence-electron chi connectivity index (χ1n) is 5.14. The van der Waals surface area contributed by atoms with Crippen LogP contribution in [0.2, 0.25) is 0 Å². The number of hydrogen-bond acceptors (Lipinski definition) is 4. The van der Waals surface area contributed by atoms with Crippen molar-refractivity contribution in [1.82, 2.24) is 0 Å². The van der Waals surface area contributed by atoms with E-state index in [4.69, 9.17) is 9.47 Å². The molecule has 1 aliphatic carbocycles. The van der Waals surface area contributed by atoms with Crippen molar-refractivity contribution in [3.63, 3.8) is 0 Å². The van der Waals surface area contributed by atoms with E-state index in [0.29, 0.717) is 12.8 Å². The Balaban J connectivity index is 2.11. The zero-order valence-corrected chi connectivity index (χ0v) is 8.08. The van der Waals surface area contributed by atoms with Crippen LogP contribution >= 0.6 is 0 Å². The molecule has 0 aromatic heterocycles. The third-order valence-corrected chi connectivity index (χ3v) is 2.75. The molecule has 1 heterocycles. The highest BCUT2D eigenvalue weighted by molar-refractivity contribution is 5.93. The maximum Gasteiger partial charge on any atom is 0.320 e. The average molecular weight is 198 g/mol. The highest BCUT2D eigenvalue weighted by Gasteiger charge is 2.43. The molecule has 1 spiro atoms. The smallest absolute Gasteiger partial charge is 0.320 e. The zero-order valence-electron chi connectivity index (χ0n) is 8.08. The fourth-order valence-corrected chi connectivity index (χ4v) is 2.10.